The zero-order chi connectivity index (χ0) is 10.7. The Labute approximate surface area is 92.8 Å². The molecular formula is C10H10Cl2O2. The second-order valence-electron chi connectivity index (χ2n) is 3.15. The first kappa shape index (κ1) is 11.3. The van der Waals surface area contributed by atoms with Crippen molar-refractivity contribution in [2.75, 3.05) is 0 Å². The number of carbonyl (C=O) groups excluding carboxylic acids is 1. The molecule has 0 saturated carbocycles. The molecule has 0 aliphatic carbocycles. The second-order valence-corrected chi connectivity index (χ2v) is 3.97. The van der Waals surface area contributed by atoms with Gasteiger partial charge in [-0.05, 0) is 12.1 Å². The molecule has 0 heterocycles. The Kier molecular flexibility index (Phi) is 3.78. The van der Waals surface area contributed by atoms with E-state index in [-0.39, 0.29) is 11.9 Å². The Morgan fingerprint density at radius 2 is 1.93 bits per heavy atom. The highest BCUT2D eigenvalue weighted by atomic mass is 35.5. The quantitative estimate of drug-likeness (QED) is 0.576. The van der Waals surface area contributed by atoms with E-state index in [0.29, 0.717) is 15.8 Å². The normalized spacial score (nSPS) is 10.4. The van der Waals surface area contributed by atoms with Crippen LogP contribution in [0.2, 0.25) is 10.0 Å². The van der Waals surface area contributed by atoms with Gasteiger partial charge in [-0.1, -0.05) is 37.0 Å². The first-order chi connectivity index (χ1) is 6.50. The van der Waals surface area contributed by atoms with Crippen molar-refractivity contribution in [2.24, 2.45) is 5.92 Å². The summed E-state index contributed by atoms with van der Waals surface area (Å²) in [5.74, 6) is -0.0362. The molecule has 0 saturated heterocycles. The van der Waals surface area contributed by atoms with Crippen LogP contribution in [0.15, 0.2) is 18.2 Å². The van der Waals surface area contributed by atoms with E-state index >= 15 is 0 Å². The van der Waals surface area contributed by atoms with Crippen LogP contribution in [0.1, 0.15) is 13.8 Å². The lowest BCUT2D eigenvalue weighted by Gasteiger charge is -2.06. The summed E-state index contributed by atoms with van der Waals surface area (Å²) in [4.78, 5) is 11.2. The third kappa shape index (κ3) is 2.89. The number of rotatable bonds is 2. The molecule has 0 atom stereocenters. The Hall–Kier alpha value is -0.730. The molecule has 1 rings (SSSR count). The van der Waals surface area contributed by atoms with Gasteiger partial charge in [0.1, 0.15) is 5.75 Å². The zero-order valence-corrected chi connectivity index (χ0v) is 9.39. The van der Waals surface area contributed by atoms with Crippen molar-refractivity contribution < 1.29 is 9.53 Å². The van der Waals surface area contributed by atoms with Crippen LogP contribution < -0.4 is 4.74 Å². The van der Waals surface area contributed by atoms with Crippen LogP contribution in [0.5, 0.6) is 5.75 Å². The van der Waals surface area contributed by atoms with Crippen LogP contribution >= 0.6 is 23.2 Å². The van der Waals surface area contributed by atoms with E-state index in [1.54, 1.807) is 26.0 Å². The number of carbonyl (C=O) groups is 1. The molecule has 2 nitrogen and oxygen atoms in total. The first-order valence-electron chi connectivity index (χ1n) is 4.17. The monoisotopic (exact) mass is 232 g/mol. The minimum atomic E-state index is -0.289. The maximum atomic E-state index is 11.2. The molecule has 0 amide bonds. The summed E-state index contributed by atoms with van der Waals surface area (Å²) < 4.78 is 5.03. The molecule has 0 bridgehead atoms. The van der Waals surface area contributed by atoms with E-state index in [9.17, 15) is 4.79 Å². The number of esters is 1. The molecule has 1 aromatic rings. The maximum Gasteiger partial charge on any atom is 0.313 e. The third-order valence-electron chi connectivity index (χ3n) is 1.58. The van der Waals surface area contributed by atoms with Gasteiger partial charge in [0, 0.05) is 6.07 Å². The number of hydrogen-bond donors (Lipinski definition) is 0. The fraction of sp³-hybridized carbons (Fsp3) is 0.300. The molecule has 0 aliphatic rings. The summed E-state index contributed by atoms with van der Waals surface area (Å²) >= 11 is 11.5. The van der Waals surface area contributed by atoms with Gasteiger partial charge in [0.05, 0.1) is 16.0 Å². The summed E-state index contributed by atoms with van der Waals surface area (Å²) in [6.45, 7) is 3.53. The van der Waals surface area contributed by atoms with Crippen LogP contribution in [0, 0.1) is 5.92 Å². The predicted molar refractivity (Wildman–Crippen MR) is 56.9 cm³/mol. The van der Waals surface area contributed by atoms with Gasteiger partial charge in [-0.3, -0.25) is 4.79 Å². The lowest BCUT2D eigenvalue weighted by molar-refractivity contribution is -0.137. The molecule has 4 heteroatoms. The largest absolute Gasteiger partial charge is 0.426 e. The van der Waals surface area contributed by atoms with Crippen molar-refractivity contribution in [3.05, 3.63) is 28.2 Å². The molecule has 0 fully saturated rings. The zero-order valence-electron chi connectivity index (χ0n) is 7.88. The van der Waals surface area contributed by atoms with Crippen LogP contribution in [-0.2, 0) is 4.79 Å². The molecule has 0 unspecified atom stereocenters. The van der Waals surface area contributed by atoms with Gasteiger partial charge < -0.3 is 4.74 Å². The molecule has 14 heavy (non-hydrogen) atoms. The molecule has 0 aliphatic heterocycles. The highest BCUT2D eigenvalue weighted by Gasteiger charge is 2.10. The minimum Gasteiger partial charge on any atom is -0.426 e. The summed E-state index contributed by atoms with van der Waals surface area (Å²) in [6.07, 6.45) is 0. The lowest BCUT2D eigenvalue weighted by atomic mass is 10.2. The Balaban J connectivity index is 2.78. The van der Waals surface area contributed by atoms with Crippen LogP contribution in [0.3, 0.4) is 0 Å². The standard InChI is InChI=1S/C10H10Cl2O2/c1-6(2)10(13)14-7-3-4-8(11)9(12)5-7/h3-6H,1-2H3. The lowest BCUT2D eigenvalue weighted by Crippen LogP contribution is -2.14. The Bertz CT molecular complexity index is 348. The van der Waals surface area contributed by atoms with E-state index in [4.69, 9.17) is 27.9 Å². The highest BCUT2D eigenvalue weighted by Crippen LogP contribution is 2.26. The van der Waals surface area contributed by atoms with Crippen molar-refractivity contribution in [3.63, 3.8) is 0 Å². The van der Waals surface area contributed by atoms with Crippen molar-refractivity contribution >= 4 is 29.2 Å². The van der Waals surface area contributed by atoms with Gasteiger partial charge in [-0.2, -0.15) is 0 Å². The van der Waals surface area contributed by atoms with Gasteiger partial charge in [0.2, 0.25) is 0 Å². The number of hydrogen-bond acceptors (Lipinski definition) is 2. The van der Waals surface area contributed by atoms with Gasteiger partial charge in [0.25, 0.3) is 0 Å². The van der Waals surface area contributed by atoms with Gasteiger partial charge in [-0.25, -0.2) is 0 Å². The maximum absolute atomic E-state index is 11.2. The van der Waals surface area contributed by atoms with Crippen LogP contribution in [-0.4, -0.2) is 5.97 Å². The summed E-state index contributed by atoms with van der Waals surface area (Å²) in [7, 11) is 0. The number of halogens is 2. The third-order valence-corrected chi connectivity index (χ3v) is 2.32. The summed E-state index contributed by atoms with van der Waals surface area (Å²) in [6, 6.07) is 4.71. The molecule has 0 spiro atoms. The molecular weight excluding hydrogens is 223 g/mol. The Morgan fingerprint density at radius 1 is 1.29 bits per heavy atom. The average Bonchev–Trinajstić information content (AvgIpc) is 2.11. The summed E-state index contributed by atoms with van der Waals surface area (Å²) in [5, 5.41) is 0.816. The predicted octanol–water partition coefficient (Wildman–Crippen LogP) is 3.55. The fourth-order valence-electron chi connectivity index (χ4n) is 0.774. The van der Waals surface area contributed by atoms with E-state index in [0.717, 1.165) is 0 Å². The second kappa shape index (κ2) is 4.67. The van der Waals surface area contributed by atoms with Gasteiger partial charge >= 0.3 is 5.97 Å². The van der Waals surface area contributed by atoms with E-state index in [2.05, 4.69) is 0 Å². The van der Waals surface area contributed by atoms with Crippen molar-refractivity contribution in [1.29, 1.82) is 0 Å². The van der Waals surface area contributed by atoms with E-state index in [1.165, 1.54) is 6.07 Å². The van der Waals surface area contributed by atoms with Crippen LogP contribution in [0.25, 0.3) is 0 Å². The molecule has 0 N–H and O–H groups in total. The van der Waals surface area contributed by atoms with Gasteiger partial charge in [0.15, 0.2) is 0 Å². The Morgan fingerprint density at radius 3 is 2.43 bits per heavy atom. The van der Waals surface area contributed by atoms with E-state index < -0.39 is 0 Å². The fourth-order valence-corrected chi connectivity index (χ4v) is 1.06. The molecule has 0 aromatic heterocycles. The summed E-state index contributed by atoms with van der Waals surface area (Å²) in [5.41, 5.74) is 0. The first-order valence-corrected chi connectivity index (χ1v) is 4.93. The van der Waals surface area contributed by atoms with Crippen molar-refractivity contribution in [2.45, 2.75) is 13.8 Å². The topological polar surface area (TPSA) is 26.3 Å². The molecule has 0 radical (unpaired) electrons. The number of ether oxygens (including phenoxy) is 1. The highest BCUT2D eigenvalue weighted by molar-refractivity contribution is 6.42. The number of benzene rings is 1. The average molecular weight is 233 g/mol. The van der Waals surface area contributed by atoms with Crippen LogP contribution in [0.4, 0.5) is 0 Å². The van der Waals surface area contributed by atoms with Crippen molar-refractivity contribution in [3.8, 4) is 5.75 Å². The minimum absolute atomic E-state index is 0.163. The van der Waals surface area contributed by atoms with E-state index in [1.807, 2.05) is 0 Å². The van der Waals surface area contributed by atoms with Crippen molar-refractivity contribution in [1.82, 2.24) is 0 Å². The van der Waals surface area contributed by atoms with Gasteiger partial charge in [-0.15, -0.1) is 0 Å². The SMILES string of the molecule is CC(C)C(=O)Oc1ccc(Cl)c(Cl)c1. The smallest absolute Gasteiger partial charge is 0.313 e. The molecule has 1 aromatic carbocycles. The molecule has 76 valence electrons.